The molecule has 1 fully saturated rings. The van der Waals surface area contributed by atoms with Crippen LogP contribution in [0.3, 0.4) is 0 Å². The zero-order valence-electron chi connectivity index (χ0n) is 14.3. The molecule has 2 heterocycles. The van der Waals surface area contributed by atoms with Crippen LogP contribution in [0, 0.1) is 13.8 Å². The second kappa shape index (κ2) is 6.81. The summed E-state index contributed by atoms with van der Waals surface area (Å²) in [5, 5.41) is -0.100. The SMILES string of the molecule is COc1ccc(CN2C(=O)CSC2c2cc(C)c(C)o2)c(OC)c1. The van der Waals surface area contributed by atoms with E-state index in [1.807, 2.05) is 43.0 Å². The molecule has 1 aliphatic rings. The Balaban J connectivity index is 1.88. The van der Waals surface area contributed by atoms with Crippen LogP contribution in [0.4, 0.5) is 0 Å². The van der Waals surface area contributed by atoms with Crippen molar-refractivity contribution in [3.05, 3.63) is 46.9 Å². The Morgan fingerprint density at radius 2 is 2.04 bits per heavy atom. The molecule has 0 bridgehead atoms. The summed E-state index contributed by atoms with van der Waals surface area (Å²) in [6.45, 7) is 4.43. The van der Waals surface area contributed by atoms with E-state index in [-0.39, 0.29) is 11.3 Å². The fourth-order valence-electron chi connectivity index (χ4n) is 2.75. The minimum Gasteiger partial charge on any atom is -0.497 e. The maximum atomic E-state index is 12.4. The Labute approximate surface area is 145 Å². The van der Waals surface area contributed by atoms with Gasteiger partial charge < -0.3 is 18.8 Å². The summed E-state index contributed by atoms with van der Waals surface area (Å²) in [4.78, 5) is 14.2. The highest BCUT2D eigenvalue weighted by Gasteiger charge is 2.35. The minimum absolute atomic E-state index is 0.100. The number of nitrogens with zero attached hydrogens (tertiary/aromatic N) is 1. The second-order valence-corrected chi connectivity index (χ2v) is 6.82. The van der Waals surface area contributed by atoms with Gasteiger partial charge in [-0.2, -0.15) is 0 Å². The molecule has 1 atom stereocenters. The topological polar surface area (TPSA) is 51.9 Å². The molecule has 1 aromatic carbocycles. The molecular formula is C18H21NO4S. The van der Waals surface area contributed by atoms with Gasteiger partial charge >= 0.3 is 0 Å². The van der Waals surface area contributed by atoms with E-state index in [0.29, 0.717) is 18.0 Å². The summed E-state index contributed by atoms with van der Waals surface area (Å²) in [6.07, 6.45) is 0. The molecule has 1 aliphatic heterocycles. The van der Waals surface area contributed by atoms with Crippen LogP contribution in [0.25, 0.3) is 0 Å². The van der Waals surface area contributed by atoms with Crippen LogP contribution in [-0.2, 0) is 11.3 Å². The normalized spacial score (nSPS) is 17.4. The van der Waals surface area contributed by atoms with Crippen molar-refractivity contribution < 1.29 is 18.7 Å². The number of ether oxygens (including phenoxy) is 2. The minimum atomic E-state index is -0.100. The summed E-state index contributed by atoms with van der Waals surface area (Å²) in [5.41, 5.74) is 2.05. The zero-order chi connectivity index (χ0) is 17.3. The summed E-state index contributed by atoms with van der Waals surface area (Å²) in [6, 6.07) is 7.66. The third kappa shape index (κ3) is 3.11. The molecule has 0 spiro atoms. The van der Waals surface area contributed by atoms with E-state index in [4.69, 9.17) is 13.9 Å². The van der Waals surface area contributed by atoms with Crippen molar-refractivity contribution in [2.75, 3.05) is 20.0 Å². The molecule has 2 aromatic rings. The molecule has 128 valence electrons. The molecule has 0 saturated carbocycles. The van der Waals surface area contributed by atoms with Crippen molar-refractivity contribution in [1.29, 1.82) is 0 Å². The first kappa shape index (κ1) is 16.8. The summed E-state index contributed by atoms with van der Waals surface area (Å²) in [7, 11) is 3.24. The number of thioether (sulfide) groups is 1. The van der Waals surface area contributed by atoms with Crippen LogP contribution < -0.4 is 9.47 Å². The van der Waals surface area contributed by atoms with Crippen molar-refractivity contribution in [1.82, 2.24) is 4.90 Å². The highest BCUT2D eigenvalue weighted by molar-refractivity contribution is 8.00. The third-order valence-corrected chi connectivity index (χ3v) is 5.45. The molecule has 0 N–H and O–H groups in total. The maximum Gasteiger partial charge on any atom is 0.234 e. The number of furan rings is 1. The van der Waals surface area contributed by atoms with Crippen LogP contribution in [-0.4, -0.2) is 30.8 Å². The molecule has 24 heavy (non-hydrogen) atoms. The van der Waals surface area contributed by atoms with Gasteiger partial charge in [0, 0.05) is 11.6 Å². The quantitative estimate of drug-likeness (QED) is 0.826. The van der Waals surface area contributed by atoms with Gasteiger partial charge in [-0.05, 0) is 37.6 Å². The largest absolute Gasteiger partial charge is 0.497 e. The molecule has 0 radical (unpaired) electrons. The predicted molar refractivity (Wildman–Crippen MR) is 93.5 cm³/mol. The standard InChI is InChI=1S/C18H21NO4S/c1-11-7-16(23-12(11)2)18-19(17(20)10-24-18)9-13-5-6-14(21-3)8-15(13)22-4/h5-8,18H,9-10H2,1-4H3. The zero-order valence-corrected chi connectivity index (χ0v) is 15.1. The predicted octanol–water partition coefficient (Wildman–Crippen LogP) is 3.69. The lowest BCUT2D eigenvalue weighted by atomic mass is 10.1. The lowest BCUT2D eigenvalue weighted by Crippen LogP contribution is -2.27. The number of aryl methyl sites for hydroxylation is 2. The monoisotopic (exact) mass is 347 g/mol. The first-order valence-electron chi connectivity index (χ1n) is 7.72. The van der Waals surface area contributed by atoms with E-state index < -0.39 is 0 Å². The van der Waals surface area contributed by atoms with Gasteiger partial charge in [0.05, 0.1) is 26.5 Å². The lowest BCUT2D eigenvalue weighted by molar-refractivity contribution is -0.128. The van der Waals surface area contributed by atoms with Crippen molar-refractivity contribution in [2.45, 2.75) is 25.8 Å². The van der Waals surface area contributed by atoms with Crippen LogP contribution in [0.5, 0.6) is 11.5 Å². The summed E-state index contributed by atoms with van der Waals surface area (Å²) >= 11 is 1.59. The number of benzene rings is 1. The van der Waals surface area contributed by atoms with Crippen LogP contribution >= 0.6 is 11.8 Å². The molecule has 6 heteroatoms. The molecule has 0 aliphatic carbocycles. The first-order chi connectivity index (χ1) is 11.5. The molecular weight excluding hydrogens is 326 g/mol. The van der Waals surface area contributed by atoms with Crippen molar-refractivity contribution in [2.24, 2.45) is 0 Å². The Hall–Kier alpha value is -2.08. The molecule has 5 nitrogen and oxygen atoms in total. The van der Waals surface area contributed by atoms with Crippen molar-refractivity contribution in [3.63, 3.8) is 0 Å². The molecule has 1 aromatic heterocycles. The van der Waals surface area contributed by atoms with E-state index >= 15 is 0 Å². The van der Waals surface area contributed by atoms with Gasteiger partial charge in [0.2, 0.25) is 5.91 Å². The van der Waals surface area contributed by atoms with Gasteiger partial charge in [0.15, 0.2) is 0 Å². The molecule has 1 unspecified atom stereocenters. The average Bonchev–Trinajstić information content (AvgIpc) is 3.11. The Morgan fingerprint density at radius 1 is 1.25 bits per heavy atom. The van der Waals surface area contributed by atoms with Gasteiger partial charge in [-0.15, -0.1) is 11.8 Å². The number of methoxy groups -OCH3 is 2. The Bertz CT molecular complexity index is 736. The maximum absolute atomic E-state index is 12.4. The Kier molecular flexibility index (Phi) is 4.76. The van der Waals surface area contributed by atoms with Crippen LogP contribution in [0.2, 0.25) is 0 Å². The lowest BCUT2D eigenvalue weighted by Gasteiger charge is -2.23. The van der Waals surface area contributed by atoms with Crippen LogP contribution in [0.1, 0.15) is 28.0 Å². The van der Waals surface area contributed by atoms with E-state index in [2.05, 4.69) is 0 Å². The number of carbonyl (C=O) groups excluding carboxylic acids is 1. The van der Waals surface area contributed by atoms with Gasteiger partial charge in [-0.3, -0.25) is 4.79 Å². The van der Waals surface area contributed by atoms with Gasteiger partial charge in [0.1, 0.15) is 28.4 Å². The van der Waals surface area contributed by atoms with E-state index in [1.165, 1.54) is 0 Å². The Morgan fingerprint density at radius 3 is 2.67 bits per heavy atom. The van der Waals surface area contributed by atoms with Gasteiger partial charge in [-0.25, -0.2) is 0 Å². The number of amides is 1. The average molecular weight is 347 g/mol. The first-order valence-corrected chi connectivity index (χ1v) is 8.77. The van der Waals surface area contributed by atoms with Crippen LogP contribution in [0.15, 0.2) is 28.7 Å². The summed E-state index contributed by atoms with van der Waals surface area (Å²) < 4.78 is 16.5. The van der Waals surface area contributed by atoms with Crippen molar-refractivity contribution >= 4 is 17.7 Å². The molecule has 1 saturated heterocycles. The third-order valence-electron chi connectivity index (χ3n) is 4.23. The second-order valence-electron chi connectivity index (χ2n) is 5.75. The van der Waals surface area contributed by atoms with Crippen molar-refractivity contribution in [3.8, 4) is 11.5 Å². The number of carbonyl (C=O) groups is 1. The van der Waals surface area contributed by atoms with E-state index in [0.717, 1.165) is 28.4 Å². The highest BCUT2D eigenvalue weighted by Crippen LogP contribution is 2.41. The van der Waals surface area contributed by atoms with Gasteiger partial charge in [-0.1, -0.05) is 0 Å². The molecule has 3 rings (SSSR count). The van der Waals surface area contributed by atoms with E-state index in [1.54, 1.807) is 26.0 Å². The number of hydrogen-bond donors (Lipinski definition) is 0. The van der Waals surface area contributed by atoms with E-state index in [9.17, 15) is 4.79 Å². The fraction of sp³-hybridized carbons (Fsp3) is 0.389. The number of hydrogen-bond acceptors (Lipinski definition) is 5. The summed E-state index contributed by atoms with van der Waals surface area (Å²) in [5.74, 6) is 3.73. The number of rotatable bonds is 5. The fourth-order valence-corrected chi connectivity index (χ4v) is 3.87. The highest BCUT2D eigenvalue weighted by atomic mass is 32.2. The smallest absolute Gasteiger partial charge is 0.234 e. The molecule has 1 amide bonds. The van der Waals surface area contributed by atoms with Gasteiger partial charge in [0.25, 0.3) is 0 Å².